The van der Waals surface area contributed by atoms with E-state index >= 15 is 0 Å². The lowest BCUT2D eigenvalue weighted by Crippen LogP contribution is -2.45. The van der Waals surface area contributed by atoms with Crippen LogP contribution in [0.1, 0.15) is 25.3 Å². The molecule has 1 aliphatic heterocycles. The Morgan fingerprint density at radius 1 is 1.48 bits per heavy atom. The van der Waals surface area contributed by atoms with Crippen LogP contribution in [0.15, 0.2) is 24.3 Å². The summed E-state index contributed by atoms with van der Waals surface area (Å²) in [6.45, 7) is 5.19. The minimum Gasteiger partial charge on any atom is -0.354 e. The van der Waals surface area contributed by atoms with Crippen LogP contribution >= 0.6 is 0 Å². The number of hydrogen-bond donors (Lipinski definition) is 1. The zero-order valence-electron chi connectivity index (χ0n) is 14.4. The van der Waals surface area contributed by atoms with E-state index < -0.39 is 0 Å². The van der Waals surface area contributed by atoms with Crippen molar-refractivity contribution in [1.29, 1.82) is 0 Å². The van der Waals surface area contributed by atoms with Crippen LogP contribution in [0, 0.1) is 11.7 Å². The molecule has 5 heteroatoms. The number of piperidine rings is 1. The molecule has 1 N–H and O–H groups in total. The van der Waals surface area contributed by atoms with Crippen LogP contribution in [-0.2, 0) is 11.3 Å². The highest BCUT2D eigenvalue weighted by atomic mass is 19.1. The molecule has 1 fully saturated rings. The smallest absolute Gasteiger partial charge is 0.224 e. The van der Waals surface area contributed by atoms with E-state index in [0.717, 1.165) is 31.5 Å². The number of carbonyl (C=O) groups excluding carboxylic acids is 1. The van der Waals surface area contributed by atoms with Crippen LogP contribution in [0.4, 0.5) is 4.39 Å². The standard InChI is InChI=1S/C18H28FN3O/c1-14(21(2)3)11-20-18(23)16-7-5-9-22(13-16)12-15-6-4-8-17(19)10-15/h4,6,8,10,14,16H,5,7,9,11-13H2,1-3H3,(H,20,23). The molecular formula is C18H28FN3O. The summed E-state index contributed by atoms with van der Waals surface area (Å²) in [4.78, 5) is 16.7. The molecule has 1 amide bonds. The van der Waals surface area contributed by atoms with Gasteiger partial charge in [0, 0.05) is 25.7 Å². The van der Waals surface area contributed by atoms with Crippen molar-refractivity contribution in [3.8, 4) is 0 Å². The van der Waals surface area contributed by atoms with E-state index in [9.17, 15) is 9.18 Å². The highest BCUT2D eigenvalue weighted by molar-refractivity contribution is 5.79. The number of likely N-dealkylation sites (N-methyl/N-ethyl adjacent to an activating group) is 1. The molecule has 128 valence electrons. The molecule has 23 heavy (non-hydrogen) atoms. The Hall–Kier alpha value is -1.46. The lowest BCUT2D eigenvalue weighted by molar-refractivity contribution is -0.127. The van der Waals surface area contributed by atoms with Crippen LogP contribution in [0.25, 0.3) is 0 Å². The summed E-state index contributed by atoms with van der Waals surface area (Å²) in [6.07, 6.45) is 1.94. The quantitative estimate of drug-likeness (QED) is 0.872. The van der Waals surface area contributed by atoms with Crippen molar-refractivity contribution in [3.63, 3.8) is 0 Å². The maximum atomic E-state index is 13.3. The van der Waals surface area contributed by atoms with Gasteiger partial charge in [-0.25, -0.2) is 4.39 Å². The van der Waals surface area contributed by atoms with Gasteiger partial charge in [0.05, 0.1) is 5.92 Å². The summed E-state index contributed by atoms with van der Waals surface area (Å²) < 4.78 is 13.3. The summed E-state index contributed by atoms with van der Waals surface area (Å²) in [6, 6.07) is 7.03. The first-order chi connectivity index (χ1) is 11.0. The van der Waals surface area contributed by atoms with Crippen LogP contribution < -0.4 is 5.32 Å². The first-order valence-corrected chi connectivity index (χ1v) is 8.36. The SMILES string of the molecule is CC(CNC(=O)C1CCCN(Cc2cccc(F)c2)C1)N(C)C. The fourth-order valence-corrected chi connectivity index (χ4v) is 2.88. The van der Waals surface area contributed by atoms with Crippen LogP contribution in [-0.4, -0.2) is 55.5 Å². The van der Waals surface area contributed by atoms with Crippen LogP contribution in [0.3, 0.4) is 0 Å². The summed E-state index contributed by atoms with van der Waals surface area (Å²) >= 11 is 0. The van der Waals surface area contributed by atoms with Gasteiger partial charge in [0.25, 0.3) is 0 Å². The molecule has 4 nitrogen and oxygen atoms in total. The van der Waals surface area contributed by atoms with Crippen molar-refractivity contribution < 1.29 is 9.18 Å². The largest absolute Gasteiger partial charge is 0.354 e. The predicted molar refractivity (Wildman–Crippen MR) is 90.6 cm³/mol. The Balaban J connectivity index is 1.84. The monoisotopic (exact) mass is 321 g/mol. The molecule has 2 atom stereocenters. The summed E-state index contributed by atoms with van der Waals surface area (Å²) in [5.41, 5.74) is 0.965. The molecule has 0 spiro atoms. The van der Waals surface area contributed by atoms with E-state index in [1.54, 1.807) is 12.1 Å². The van der Waals surface area contributed by atoms with E-state index in [-0.39, 0.29) is 17.6 Å². The average Bonchev–Trinajstić information content (AvgIpc) is 2.52. The van der Waals surface area contributed by atoms with Crippen LogP contribution in [0.2, 0.25) is 0 Å². The van der Waals surface area contributed by atoms with E-state index in [4.69, 9.17) is 0 Å². The number of amides is 1. The third-order valence-corrected chi connectivity index (χ3v) is 4.62. The lowest BCUT2D eigenvalue weighted by Gasteiger charge is -2.32. The molecular weight excluding hydrogens is 293 g/mol. The number of nitrogens with one attached hydrogen (secondary N) is 1. The molecule has 1 aromatic rings. The second-order valence-corrected chi connectivity index (χ2v) is 6.76. The van der Waals surface area contributed by atoms with Gasteiger partial charge >= 0.3 is 0 Å². The Bertz CT molecular complexity index is 521. The molecule has 0 aromatic heterocycles. The molecule has 2 unspecified atom stereocenters. The van der Waals surface area contributed by atoms with E-state index in [0.29, 0.717) is 19.1 Å². The fourth-order valence-electron chi connectivity index (χ4n) is 2.88. The van der Waals surface area contributed by atoms with Crippen molar-refractivity contribution in [2.24, 2.45) is 5.92 Å². The predicted octanol–water partition coefficient (Wildman–Crippen LogP) is 2.10. The number of rotatable bonds is 6. The van der Waals surface area contributed by atoms with Gasteiger partial charge in [-0.05, 0) is 58.1 Å². The zero-order valence-corrected chi connectivity index (χ0v) is 14.4. The number of likely N-dealkylation sites (tertiary alicyclic amines) is 1. The van der Waals surface area contributed by atoms with E-state index in [2.05, 4.69) is 22.0 Å². The molecule has 0 radical (unpaired) electrons. The third kappa shape index (κ3) is 5.59. The second-order valence-electron chi connectivity index (χ2n) is 6.76. The highest BCUT2D eigenvalue weighted by Gasteiger charge is 2.26. The van der Waals surface area contributed by atoms with Gasteiger partial charge in [0.2, 0.25) is 5.91 Å². The van der Waals surface area contributed by atoms with Gasteiger partial charge in [-0.3, -0.25) is 9.69 Å². The zero-order chi connectivity index (χ0) is 16.8. The minimum absolute atomic E-state index is 0.0340. The van der Waals surface area contributed by atoms with Crippen LogP contribution in [0.5, 0.6) is 0 Å². The second kappa shape index (κ2) is 8.41. The topological polar surface area (TPSA) is 35.6 Å². The Kier molecular flexibility index (Phi) is 6.54. The van der Waals surface area contributed by atoms with Gasteiger partial charge < -0.3 is 10.2 Å². The van der Waals surface area contributed by atoms with Gasteiger partial charge in [-0.2, -0.15) is 0 Å². The Morgan fingerprint density at radius 3 is 2.96 bits per heavy atom. The van der Waals surface area contributed by atoms with Gasteiger partial charge in [0.1, 0.15) is 5.82 Å². The average molecular weight is 321 g/mol. The number of benzene rings is 1. The molecule has 1 saturated heterocycles. The molecule has 1 aromatic carbocycles. The molecule has 0 aliphatic carbocycles. The molecule has 1 aliphatic rings. The Labute approximate surface area is 138 Å². The van der Waals surface area contributed by atoms with Gasteiger partial charge in [-0.15, -0.1) is 0 Å². The highest BCUT2D eigenvalue weighted by Crippen LogP contribution is 2.19. The van der Waals surface area contributed by atoms with Crippen molar-refractivity contribution >= 4 is 5.91 Å². The van der Waals surface area contributed by atoms with Crippen molar-refractivity contribution in [1.82, 2.24) is 15.1 Å². The molecule has 2 rings (SSSR count). The maximum absolute atomic E-state index is 13.3. The first kappa shape index (κ1) is 17.9. The fraction of sp³-hybridized carbons (Fsp3) is 0.611. The summed E-state index contributed by atoms with van der Waals surface area (Å²) in [7, 11) is 4.02. The summed E-state index contributed by atoms with van der Waals surface area (Å²) in [5, 5.41) is 3.06. The van der Waals surface area contributed by atoms with Gasteiger partial charge in [0.15, 0.2) is 0 Å². The Morgan fingerprint density at radius 2 is 2.26 bits per heavy atom. The molecule has 0 bridgehead atoms. The third-order valence-electron chi connectivity index (χ3n) is 4.62. The first-order valence-electron chi connectivity index (χ1n) is 8.36. The lowest BCUT2D eigenvalue weighted by atomic mass is 9.96. The number of carbonyl (C=O) groups is 1. The number of nitrogens with zero attached hydrogens (tertiary/aromatic N) is 2. The van der Waals surface area contributed by atoms with Gasteiger partial charge in [-0.1, -0.05) is 12.1 Å². The number of halogens is 1. The summed E-state index contributed by atoms with van der Waals surface area (Å²) in [5.74, 6) is -0.0270. The normalized spacial score (nSPS) is 20.5. The van der Waals surface area contributed by atoms with Crippen molar-refractivity contribution in [3.05, 3.63) is 35.6 Å². The van der Waals surface area contributed by atoms with Crippen molar-refractivity contribution in [2.45, 2.75) is 32.4 Å². The number of hydrogen-bond acceptors (Lipinski definition) is 3. The van der Waals surface area contributed by atoms with E-state index in [1.165, 1.54) is 6.07 Å². The molecule has 1 heterocycles. The maximum Gasteiger partial charge on any atom is 0.224 e. The minimum atomic E-state index is -0.202. The van der Waals surface area contributed by atoms with E-state index in [1.807, 2.05) is 20.2 Å². The molecule has 0 saturated carbocycles. The van der Waals surface area contributed by atoms with Crippen molar-refractivity contribution in [2.75, 3.05) is 33.7 Å².